The number of carboxylic acids is 1. The number of benzene rings is 2. The molecule has 8 heteroatoms. The molecule has 1 amide bonds. The van der Waals surface area contributed by atoms with Crippen molar-refractivity contribution in [3.8, 4) is 0 Å². The molecule has 0 aliphatic carbocycles. The number of halogens is 1. The molecule has 1 aliphatic rings. The SMILES string of the molecule is O=C1Nc2ccc(C(=O)O)cc2/C1=C(/Cl)c1cccc([N+](=O)[O-])c1. The number of aromatic carboxylic acids is 1. The van der Waals surface area contributed by atoms with Crippen molar-refractivity contribution in [2.45, 2.75) is 0 Å². The van der Waals surface area contributed by atoms with Gasteiger partial charge in [0.25, 0.3) is 11.6 Å². The van der Waals surface area contributed by atoms with Gasteiger partial charge in [-0.2, -0.15) is 0 Å². The largest absolute Gasteiger partial charge is 0.478 e. The van der Waals surface area contributed by atoms with Crippen LogP contribution in [0.1, 0.15) is 21.5 Å². The monoisotopic (exact) mass is 344 g/mol. The van der Waals surface area contributed by atoms with Crippen LogP contribution >= 0.6 is 11.6 Å². The van der Waals surface area contributed by atoms with Gasteiger partial charge in [-0.3, -0.25) is 14.9 Å². The van der Waals surface area contributed by atoms with Crippen LogP contribution in [0.3, 0.4) is 0 Å². The number of carbonyl (C=O) groups excluding carboxylic acids is 1. The van der Waals surface area contributed by atoms with Crippen molar-refractivity contribution in [3.63, 3.8) is 0 Å². The van der Waals surface area contributed by atoms with Crippen molar-refractivity contribution in [2.75, 3.05) is 5.32 Å². The summed E-state index contributed by atoms with van der Waals surface area (Å²) in [5.41, 5.74) is 0.996. The number of carboxylic acid groups (broad SMARTS) is 1. The fraction of sp³-hybridized carbons (Fsp3) is 0. The summed E-state index contributed by atoms with van der Waals surface area (Å²) in [6.07, 6.45) is 0. The molecule has 3 rings (SSSR count). The van der Waals surface area contributed by atoms with Crippen LogP contribution in [0.25, 0.3) is 10.6 Å². The minimum Gasteiger partial charge on any atom is -0.478 e. The maximum absolute atomic E-state index is 12.2. The van der Waals surface area contributed by atoms with E-state index in [1.54, 1.807) is 0 Å². The number of nitrogens with one attached hydrogen (secondary N) is 1. The standard InChI is InChI=1S/C16H9ClN2O5/c17-14(8-2-1-3-10(6-8)19(23)24)13-11-7-9(16(21)22)4-5-12(11)18-15(13)20/h1-7H,(H,18,20)(H,21,22)/b14-13-. The van der Waals surface area contributed by atoms with E-state index in [1.165, 1.54) is 42.5 Å². The van der Waals surface area contributed by atoms with Gasteiger partial charge in [-0.25, -0.2) is 4.79 Å². The Morgan fingerprint density at radius 1 is 1.17 bits per heavy atom. The molecular formula is C16H9ClN2O5. The van der Waals surface area contributed by atoms with E-state index >= 15 is 0 Å². The topological polar surface area (TPSA) is 110 Å². The first kappa shape index (κ1) is 15.7. The van der Waals surface area contributed by atoms with Crippen molar-refractivity contribution < 1.29 is 19.6 Å². The van der Waals surface area contributed by atoms with Gasteiger partial charge in [0.2, 0.25) is 0 Å². The van der Waals surface area contributed by atoms with Crippen molar-refractivity contribution in [2.24, 2.45) is 0 Å². The number of hydrogen-bond donors (Lipinski definition) is 2. The zero-order valence-electron chi connectivity index (χ0n) is 11.9. The highest BCUT2D eigenvalue weighted by atomic mass is 35.5. The van der Waals surface area contributed by atoms with Crippen LogP contribution in [0.4, 0.5) is 11.4 Å². The summed E-state index contributed by atoms with van der Waals surface area (Å²) in [6.45, 7) is 0. The molecule has 120 valence electrons. The summed E-state index contributed by atoms with van der Waals surface area (Å²) < 4.78 is 0. The maximum Gasteiger partial charge on any atom is 0.335 e. The summed E-state index contributed by atoms with van der Waals surface area (Å²) >= 11 is 6.29. The van der Waals surface area contributed by atoms with Crippen LogP contribution < -0.4 is 5.32 Å². The second-order valence-electron chi connectivity index (χ2n) is 5.02. The highest BCUT2D eigenvalue weighted by molar-refractivity contribution is 6.59. The molecule has 0 atom stereocenters. The molecule has 0 saturated carbocycles. The van der Waals surface area contributed by atoms with Gasteiger partial charge < -0.3 is 10.4 Å². The average Bonchev–Trinajstić information content (AvgIpc) is 2.89. The third kappa shape index (κ3) is 2.61. The van der Waals surface area contributed by atoms with E-state index in [4.69, 9.17) is 16.7 Å². The fourth-order valence-electron chi connectivity index (χ4n) is 2.42. The molecule has 0 spiro atoms. The molecule has 0 fully saturated rings. The lowest BCUT2D eigenvalue weighted by Crippen LogP contribution is -2.04. The maximum atomic E-state index is 12.2. The number of non-ortho nitro benzene ring substituents is 1. The number of carbonyl (C=O) groups is 2. The van der Waals surface area contributed by atoms with E-state index in [-0.39, 0.29) is 21.9 Å². The van der Waals surface area contributed by atoms with E-state index < -0.39 is 16.8 Å². The van der Waals surface area contributed by atoms with Gasteiger partial charge >= 0.3 is 5.97 Å². The van der Waals surface area contributed by atoms with Gasteiger partial charge in [0.05, 0.1) is 21.1 Å². The van der Waals surface area contributed by atoms with Gasteiger partial charge in [-0.1, -0.05) is 23.7 Å². The zero-order valence-corrected chi connectivity index (χ0v) is 12.7. The van der Waals surface area contributed by atoms with Gasteiger partial charge in [0, 0.05) is 28.9 Å². The molecule has 2 N–H and O–H groups in total. The number of nitro benzene ring substituents is 1. The molecule has 0 radical (unpaired) electrons. The Bertz CT molecular complexity index is 936. The smallest absolute Gasteiger partial charge is 0.335 e. The van der Waals surface area contributed by atoms with Crippen LogP contribution in [0, 0.1) is 10.1 Å². The van der Waals surface area contributed by atoms with E-state index in [9.17, 15) is 19.7 Å². The van der Waals surface area contributed by atoms with Crippen molar-refractivity contribution in [1.29, 1.82) is 0 Å². The number of hydrogen-bond acceptors (Lipinski definition) is 4. The fourth-order valence-corrected chi connectivity index (χ4v) is 2.72. The Balaban J connectivity index is 2.18. The lowest BCUT2D eigenvalue weighted by atomic mass is 10.0. The molecular weight excluding hydrogens is 336 g/mol. The molecule has 2 aromatic carbocycles. The van der Waals surface area contributed by atoms with Crippen LogP contribution in [0.5, 0.6) is 0 Å². The first-order valence-electron chi connectivity index (χ1n) is 6.72. The Kier molecular flexibility index (Phi) is 3.78. The first-order chi connectivity index (χ1) is 11.4. The normalized spacial score (nSPS) is 14.8. The molecule has 2 aromatic rings. The molecule has 0 bridgehead atoms. The van der Waals surface area contributed by atoms with Crippen LogP contribution in [-0.2, 0) is 4.79 Å². The van der Waals surface area contributed by atoms with Crippen LogP contribution in [0.2, 0.25) is 0 Å². The number of amides is 1. The van der Waals surface area contributed by atoms with E-state index in [0.29, 0.717) is 16.8 Å². The minimum absolute atomic E-state index is 0.00580. The predicted molar refractivity (Wildman–Crippen MR) is 87.8 cm³/mol. The van der Waals surface area contributed by atoms with Gasteiger partial charge in [0.1, 0.15) is 0 Å². The lowest BCUT2D eigenvalue weighted by molar-refractivity contribution is -0.384. The average molecular weight is 345 g/mol. The Morgan fingerprint density at radius 3 is 2.58 bits per heavy atom. The highest BCUT2D eigenvalue weighted by Gasteiger charge is 2.28. The molecule has 0 aromatic heterocycles. The number of nitro groups is 1. The van der Waals surface area contributed by atoms with Crippen LogP contribution in [0.15, 0.2) is 42.5 Å². The minimum atomic E-state index is -1.14. The zero-order chi connectivity index (χ0) is 17.4. The van der Waals surface area contributed by atoms with Crippen molar-refractivity contribution in [3.05, 3.63) is 69.3 Å². The van der Waals surface area contributed by atoms with Gasteiger partial charge in [0.15, 0.2) is 0 Å². The number of anilines is 1. The molecule has 7 nitrogen and oxygen atoms in total. The summed E-state index contributed by atoms with van der Waals surface area (Å²) in [5, 5.41) is 22.6. The Hall–Kier alpha value is -3.19. The van der Waals surface area contributed by atoms with E-state index in [0.717, 1.165) is 0 Å². The highest BCUT2D eigenvalue weighted by Crippen LogP contribution is 2.39. The summed E-state index contributed by atoms with van der Waals surface area (Å²) in [6, 6.07) is 9.73. The molecule has 1 aliphatic heterocycles. The summed E-state index contributed by atoms with van der Waals surface area (Å²) in [7, 11) is 0. The predicted octanol–water partition coefficient (Wildman–Crippen LogP) is 3.35. The van der Waals surface area contributed by atoms with Crippen molar-refractivity contribution in [1.82, 2.24) is 0 Å². The second-order valence-corrected chi connectivity index (χ2v) is 5.39. The Morgan fingerprint density at radius 2 is 1.92 bits per heavy atom. The third-order valence-electron chi connectivity index (χ3n) is 3.54. The second kappa shape index (κ2) is 5.78. The first-order valence-corrected chi connectivity index (χ1v) is 7.10. The molecule has 0 unspecified atom stereocenters. The van der Waals surface area contributed by atoms with E-state index in [2.05, 4.69) is 5.32 Å². The van der Waals surface area contributed by atoms with Gasteiger partial charge in [-0.15, -0.1) is 0 Å². The Labute approximate surface area is 140 Å². The number of rotatable bonds is 3. The quantitative estimate of drug-likeness (QED) is 0.504. The number of nitrogens with zero attached hydrogens (tertiary/aromatic N) is 1. The van der Waals surface area contributed by atoms with E-state index in [1.807, 2.05) is 0 Å². The van der Waals surface area contributed by atoms with Crippen LogP contribution in [-0.4, -0.2) is 21.9 Å². The third-order valence-corrected chi connectivity index (χ3v) is 3.95. The summed E-state index contributed by atoms with van der Waals surface area (Å²) in [4.78, 5) is 33.6. The van der Waals surface area contributed by atoms with Crippen molar-refractivity contribution >= 4 is 45.5 Å². The molecule has 24 heavy (non-hydrogen) atoms. The summed E-state index contributed by atoms with van der Waals surface area (Å²) in [5.74, 6) is -1.63. The van der Waals surface area contributed by atoms with Gasteiger partial charge in [-0.05, 0) is 18.2 Å². The molecule has 1 heterocycles. The molecule has 0 saturated heterocycles. The lowest BCUT2D eigenvalue weighted by Gasteiger charge is -2.05. The number of fused-ring (bicyclic) bond motifs is 1.